The SMILES string of the molecule is COCCC(C)(C)Cn1nnnc1CNC1CC1. The Kier molecular flexibility index (Phi) is 4.29. The summed E-state index contributed by atoms with van der Waals surface area (Å²) in [4.78, 5) is 0. The predicted octanol–water partition coefficient (Wildman–Crippen LogP) is 0.988. The van der Waals surface area contributed by atoms with Crippen LogP contribution in [0.1, 0.15) is 38.9 Å². The minimum atomic E-state index is 0.139. The number of hydrogen-bond acceptors (Lipinski definition) is 5. The molecule has 18 heavy (non-hydrogen) atoms. The van der Waals surface area contributed by atoms with Crippen LogP contribution < -0.4 is 5.32 Å². The molecular weight excluding hydrogens is 230 g/mol. The standard InChI is InChI=1S/C12H23N5O/c1-12(2,6-7-18-3)9-17-11(14-15-16-17)8-13-10-4-5-10/h10,13H,4-9H2,1-3H3. The zero-order valence-corrected chi connectivity index (χ0v) is 11.5. The van der Waals surface area contributed by atoms with Crippen LogP contribution in [0.15, 0.2) is 0 Å². The Morgan fingerprint density at radius 2 is 2.22 bits per heavy atom. The Balaban J connectivity index is 1.88. The van der Waals surface area contributed by atoms with Gasteiger partial charge < -0.3 is 10.1 Å². The van der Waals surface area contributed by atoms with Crippen molar-refractivity contribution >= 4 is 0 Å². The Bertz CT molecular complexity index is 372. The molecule has 1 saturated carbocycles. The second-order valence-electron chi connectivity index (χ2n) is 5.81. The number of ether oxygens (including phenoxy) is 1. The van der Waals surface area contributed by atoms with E-state index in [9.17, 15) is 0 Å². The molecule has 1 aromatic rings. The summed E-state index contributed by atoms with van der Waals surface area (Å²) in [6.45, 7) is 6.78. The Morgan fingerprint density at radius 1 is 1.44 bits per heavy atom. The fourth-order valence-corrected chi connectivity index (χ4v) is 1.86. The molecule has 1 fully saturated rings. The topological polar surface area (TPSA) is 64.9 Å². The Morgan fingerprint density at radius 3 is 2.89 bits per heavy atom. The van der Waals surface area contributed by atoms with E-state index in [4.69, 9.17) is 4.74 Å². The average molecular weight is 253 g/mol. The van der Waals surface area contributed by atoms with Crippen LogP contribution in [0, 0.1) is 5.41 Å². The molecule has 2 rings (SSSR count). The highest BCUT2D eigenvalue weighted by molar-refractivity contribution is 4.87. The first-order valence-corrected chi connectivity index (χ1v) is 6.58. The summed E-state index contributed by atoms with van der Waals surface area (Å²) in [6, 6.07) is 0.677. The van der Waals surface area contributed by atoms with Gasteiger partial charge in [0.25, 0.3) is 0 Å². The predicted molar refractivity (Wildman–Crippen MR) is 68.0 cm³/mol. The molecule has 0 aliphatic heterocycles. The molecule has 1 aliphatic rings. The highest BCUT2D eigenvalue weighted by Crippen LogP contribution is 2.23. The lowest BCUT2D eigenvalue weighted by Gasteiger charge is -2.24. The largest absolute Gasteiger partial charge is 0.385 e. The van der Waals surface area contributed by atoms with Gasteiger partial charge >= 0.3 is 0 Å². The number of tetrazole rings is 1. The zero-order chi connectivity index (χ0) is 13.0. The maximum atomic E-state index is 5.14. The van der Waals surface area contributed by atoms with E-state index in [1.165, 1.54) is 12.8 Å². The molecule has 0 saturated heterocycles. The third kappa shape index (κ3) is 4.03. The molecule has 1 aliphatic carbocycles. The van der Waals surface area contributed by atoms with Gasteiger partial charge in [-0.05, 0) is 35.1 Å². The molecule has 0 aromatic carbocycles. The fraction of sp³-hybridized carbons (Fsp3) is 0.917. The first-order chi connectivity index (χ1) is 8.61. The van der Waals surface area contributed by atoms with E-state index in [1.54, 1.807) is 7.11 Å². The second-order valence-corrected chi connectivity index (χ2v) is 5.81. The van der Waals surface area contributed by atoms with Crippen LogP contribution in [0.3, 0.4) is 0 Å². The summed E-state index contributed by atoms with van der Waals surface area (Å²) in [5.74, 6) is 0.924. The van der Waals surface area contributed by atoms with E-state index in [0.29, 0.717) is 6.04 Å². The minimum Gasteiger partial charge on any atom is -0.385 e. The van der Waals surface area contributed by atoms with Crippen molar-refractivity contribution in [2.24, 2.45) is 5.41 Å². The number of rotatable bonds is 8. The van der Waals surface area contributed by atoms with Crippen molar-refractivity contribution in [3.63, 3.8) is 0 Å². The van der Waals surface area contributed by atoms with Crippen molar-refractivity contribution in [2.75, 3.05) is 13.7 Å². The monoisotopic (exact) mass is 253 g/mol. The van der Waals surface area contributed by atoms with Gasteiger partial charge in [0, 0.05) is 19.8 Å². The zero-order valence-electron chi connectivity index (χ0n) is 11.5. The van der Waals surface area contributed by atoms with Gasteiger partial charge in [-0.1, -0.05) is 13.8 Å². The van der Waals surface area contributed by atoms with E-state index in [2.05, 4.69) is 34.7 Å². The number of nitrogens with one attached hydrogen (secondary N) is 1. The molecule has 6 nitrogen and oxygen atoms in total. The van der Waals surface area contributed by atoms with Gasteiger partial charge in [0.2, 0.25) is 0 Å². The average Bonchev–Trinajstić information content (AvgIpc) is 3.06. The second kappa shape index (κ2) is 5.75. The van der Waals surface area contributed by atoms with Gasteiger partial charge in [0.05, 0.1) is 13.1 Å². The molecule has 6 heteroatoms. The summed E-state index contributed by atoms with van der Waals surface area (Å²) in [7, 11) is 1.73. The van der Waals surface area contributed by atoms with Gasteiger partial charge in [-0.3, -0.25) is 0 Å². The molecule has 1 N–H and O–H groups in total. The number of methoxy groups -OCH3 is 1. The van der Waals surface area contributed by atoms with E-state index in [1.807, 2.05) is 4.68 Å². The van der Waals surface area contributed by atoms with Crippen molar-refractivity contribution in [1.82, 2.24) is 25.5 Å². The van der Waals surface area contributed by atoms with Crippen LogP contribution in [-0.4, -0.2) is 40.0 Å². The molecule has 0 atom stereocenters. The summed E-state index contributed by atoms with van der Waals surface area (Å²) >= 11 is 0. The normalized spacial score (nSPS) is 16.2. The van der Waals surface area contributed by atoms with Gasteiger partial charge in [0.15, 0.2) is 5.82 Å². The third-order valence-electron chi connectivity index (χ3n) is 3.29. The lowest BCUT2D eigenvalue weighted by Crippen LogP contribution is -2.26. The van der Waals surface area contributed by atoms with Gasteiger partial charge in [0.1, 0.15) is 0 Å². The first-order valence-electron chi connectivity index (χ1n) is 6.58. The van der Waals surface area contributed by atoms with Crippen molar-refractivity contribution < 1.29 is 4.74 Å². The van der Waals surface area contributed by atoms with Crippen LogP contribution in [0.2, 0.25) is 0 Å². The molecule has 0 unspecified atom stereocenters. The number of nitrogens with zero attached hydrogens (tertiary/aromatic N) is 4. The maximum absolute atomic E-state index is 5.14. The highest BCUT2D eigenvalue weighted by atomic mass is 16.5. The van der Waals surface area contributed by atoms with E-state index >= 15 is 0 Å². The molecule has 1 heterocycles. The minimum absolute atomic E-state index is 0.139. The lowest BCUT2D eigenvalue weighted by atomic mass is 9.90. The molecule has 102 valence electrons. The summed E-state index contributed by atoms with van der Waals surface area (Å²) in [5.41, 5.74) is 0.139. The first kappa shape index (κ1) is 13.4. The van der Waals surface area contributed by atoms with E-state index in [0.717, 1.165) is 31.9 Å². The van der Waals surface area contributed by atoms with Crippen LogP contribution >= 0.6 is 0 Å². The van der Waals surface area contributed by atoms with Crippen molar-refractivity contribution in [3.8, 4) is 0 Å². The molecule has 0 spiro atoms. The number of hydrogen-bond donors (Lipinski definition) is 1. The van der Waals surface area contributed by atoms with Crippen LogP contribution in [0.4, 0.5) is 0 Å². The quantitative estimate of drug-likeness (QED) is 0.748. The van der Waals surface area contributed by atoms with E-state index < -0.39 is 0 Å². The van der Waals surface area contributed by atoms with Gasteiger partial charge in [-0.15, -0.1) is 5.10 Å². The van der Waals surface area contributed by atoms with Gasteiger partial charge in [-0.2, -0.15) is 0 Å². The molecule has 0 bridgehead atoms. The maximum Gasteiger partial charge on any atom is 0.165 e. The van der Waals surface area contributed by atoms with E-state index in [-0.39, 0.29) is 5.41 Å². The third-order valence-corrected chi connectivity index (χ3v) is 3.29. The number of aromatic nitrogens is 4. The summed E-state index contributed by atoms with van der Waals surface area (Å²) < 4.78 is 7.05. The van der Waals surface area contributed by atoms with Crippen molar-refractivity contribution in [1.29, 1.82) is 0 Å². The fourth-order valence-electron chi connectivity index (χ4n) is 1.86. The molecule has 1 aromatic heterocycles. The Hall–Kier alpha value is -1.01. The molecule has 0 amide bonds. The lowest BCUT2D eigenvalue weighted by molar-refractivity contribution is 0.139. The summed E-state index contributed by atoms with van der Waals surface area (Å²) in [5, 5.41) is 15.4. The van der Waals surface area contributed by atoms with Crippen LogP contribution in [-0.2, 0) is 17.8 Å². The Labute approximate surface area is 108 Å². The smallest absolute Gasteiger partial charge is 0.165 e. The van der Waals surface area contributed by atoms with Crippen molar-refractivity contribution in [2.45, 2.75) is 52.2 Å². The highest BCUT2D eigenvalue weighted by Gasteiger charge is 2.23. The van der Waals surface area contributed by atoms with Crippen LogP contribution in [0.25, 0.3) is 0 Å². The molecule has 0 radical (unpaired) electrons. The molecular formula is C12H23N5O. The van der Waals surface area contributed by atoms with Gasteiger partial charge in [-0.25, -0.2) is 4.68 Å². The van der Waals surface area contributed by atoms with Crippen LogP contribution in [0.5, 0.6) is 0 Å². The van der Waals surface area contributed by atoms with Crippen molar-refractivity contribution in [3.05, 3.63) is 5.82 Å². The summed E-state index contributed by atoms with van der Waals surface area (Å²) in [6.07, 6.45) is 3.56.